The molecule has 0 aliphatic heterocycles. The van der Waals surface area contributed by atoms with Gasteiger partial charge in [-0.1, -0.05) is 38.1 Å². The van der Waals surface area contributed by atoms with Crippen LogP contribution in [0.25, 0.3) is 10.8 Å². The third kappa shape index (κ3) is 2.17. The lowest BCUT2D eigenvalue weighted by Crippen LogP contribution is -1.94. The molecule has 2 rings (SSSR count). The third-order valence-corrected chi connectivity index (χ3v) is 2.46. The minimum absolute atomic E-state index is 0.148. The average molecular weight is 201 g/mol. The second-order valence-electron chi connectivity index (χ2n) is 4.17. The van der Waals surface area contributed by atoms with E-state index in [2.05, 4.69) is 13.8 Å². The first kappa shape index (κ1) is 10.2. The molecule has 15 heavy (non-hydrogen) atoms. The summed E-state index contributed by atoms with van der Waals surface area (Å²) < 4.78 is 13.3. The van der Waals surface area contributed by atoms with Gasteiger partial charge in [-0.15, -0.1) is 0 Å². The van der Waals surface area contributed by atoms with Gasteiger partial charge in [0.05, 0.1) is 0 Å². The standard InChI is InChI=1S/C14H14F/c1-10(2)7-12-9-13(15)8-11-5-3-4-6-14(11)12/h3-6,8-9H,7H2,1-2H3. The summed E-state index contributed by atoms with van der Waals surface area (Å²) in [5.41, 5.74) is 1.07. The summed E-state index contributed by atoms with van der Waals surface area (Å²) >= 11 is 0. The molecule has 0 bridgehead atoms. The van der Waals surface area contributed by atoms with E-state index in [-0.39, 0.29) is 5.82 Å². The van der Waals surface area contributed by atoms with E-state index < -0.39 is 0 Å². The van der Waals surface area contributed by atoms with Crippen LogP contribution in [0.2, 0.25) is 0 Å². The lowest BCUT2D eigenvalue weighted by Gasteiger charge is -2.08. The van der Waals surface area contributed by atoms with Crippen molar-refractivity contribution in [3.05, 3.63) is 53.7 Å². The Balaban J connectivity index is 2.60. The number of benzene rings is 2. The van der Waals surface area contributed by atoms with E-state index in [1.165, 1.54) is 5.92 Å². The van der Waals surface area contributed by atoms with Crippen LogP contribution in [0.15, 0.2) is 36.4 Å². The van der Waals surface area contributed by atoms with Gasteiger partial charge in [0.25, 0.3) is 0 Å². The van der Waals surface area contributed by atoms with Crippen LogP contribution in [-0.2, 0) is 6.42 Å². The summed E-state index contributed by atoms with van der Waals surface area (Å²) in [5.74, 6) is 1.15. The van der Waals surface area contributed by atoms with Crippen LogP contribution >= 0.6 is 0 Å². The second kappa shape index (κ2) is 4.01. The van der Waals surface area contributed by atoms with Gasteiger partial charge in [-0.2, -0.15) is 0 Å². The zero-order chi connectivity index (χ0) is 10.8. The van der Waals surface area contributed by atoms with Crippen molar-refractivity contribution in [2.24, 2.45) is 0 Å². The first-order chi connectivity index (χ1) is 7.16. The number of hydrogen-bond acceptors (Lipinski definition) is 0. The highest BCUT2D eigenvalue weighted by Crippen LogP contribution is 2.23. The Morgan fingerprint density at radius 3 is 2.60 bits per heavy atom. The SMILES string of the molecule is C[C](C)Cc1cc(F)cc2ccccc12. The molecule has 0 saturated heterocycles. The Bertz CT molecular complexity index is 472. The van der Waals surface area contributed by atoms with Gasteiger partial charge in [-0.25, -0.2) is 4.39 Å². The van der Waals surface area contributed by atoms with E-state index in [0.717, 1.165) is 22.8 Å². The average Bonchev–Trinajstić information content (AvgIpc) is 2.16. The van der Waals surface area contributed by atoms with Crippen molar-refractivity contribution >= 4 is 10.8 Å². The maximum atomic E-state index is 13.3. The zero-order valence-corrected chi connectivity index (χ0v) is 9.05. The van der Waals surface area contributed by atoms with Gasteiger partial charge in [-0.05, 0) is 40.8 Å². The molecule has 77 valence electrons. The van der Waals surface area contributed by atoms with Crippen molar-refractivity contribution in [3.8, 4) is 0 Å². The van der Waals surface area contributed by atoms with Gasteiger partial charge < -0.3 is 0 Å². The van der Waals surface area contributed by atoms with Gasteiger partial charge in [0.2, 0.25) is 0 Å². The fourth-order valence-corrected chi connectivity index (χ4v) is 1.88. The molecular weight excluding hydrogens is 187 g/mol. The predicted octanol–water partition coefficient (Wildman–Crippen LogP) is 4.14. The number of hydrogen-bond donors (Lipinski definition) is 0. The van der Waals surface area contributed by atoms with E-state index in [9.17, 15) is 4.39 Å². The topological polar surface area (TPSA) is 0 Å². The lowest BCUT2D eigenvalue weighted by atomic mass is 9.97. The Morgan fingerprint density at radius 2 is 1.87 bits per heavy atom. The molecule has 2 aromatic carbocycles. The summed E-state index contributed by atoms with van der Waals surface area (Å²) in [6, 6.07) is 11.2. The molecule has 1 radical (unpaired) electrons. The molecule has 0 atom stereocenters. The van der Waals surface area contributed by atoms with Crippen LogP contribution in [0.3, 0.4) is 0 Å². The molecule has 0 heterocycles. The van der Waals surface area contributed by atoms with Crippen LogP contribution in [0.5, 0.6) is 0 Å². The fraction of sp³-hybridized carbons (Fsp3) is 0.214. The molecule has 2 aromatic rings. The highest BCUT2D eigenvalue weighted by atomic mass is 19.1. The Morgan fingerprint density at radius 1 is 1.13 bits per heavy atom. The van der Waals surface area contributed by atoms with Gasteiger partial charge in [-0.3, -0.25) is 0 Å². The minimum Gasteiger partial charge on any atom is -0.207 e. The van der Waals surface area contributed by atoms with Crippen molar-refractivity contribution in [1.82, 2.24) is 0 Å². The summed E-state index contributed by atoms with van der Waals surface area (Å²) in [4.78, 5) is 0. The molecule has 0 spiro atoms. The van der Waals surface area contributed by atoms with Crippen molar-refractivity contribution in [2.75, 3.05) is 0 Å². The minimum atomic E-state index is -0.148. The van der Waals surface area contributed by atoms with Crippen LogP contribution in [0.1, 0.15) is 19.4 Å². The first-order valence-corrected chi connectivity index (χ1v) is 5.13. The lowest BCUT2D eigenvalue weighted by molar-refractivity contribution is 0.627. The summed E-state index contributed by atoms with van der Waals surface area (Å²) in [5, 5.41) is 2.13. The first-order valence-electron chi connectivity index (χ1n) is 5.13. The smallest absolute Gasteiger partial charge is 0.124 e. The monoisotopic (exact) mass is 201 g/mol. The molecule has 0 nitrogen and oxygen atoms in total. The molecule has 0 aromatic heterocycles. The molecular formula is C14H14F. The van der Waals surface area contributed by atoms with Crippen LogP contribution in [0.4, 0.5) is 4.39 Å². The van der Waals surface area contributed by atoms with Crippen LogP contribution < -0.4 is 0 Å². The van der Waals surface area contributed by atoms with Gasteiger partial charge in [0.15, 0.2) is 0 Å². The normalized spacial score (nSPS) is 11.2. The molecule has 0 saturated carbocycles. The van der Waals surface area contributed by atoms with Crippen LogP contribution in [-0.4, -0.2) is 0 Å². The maximum absolute atomic E-state index is 13.3. The fourth-order valence-electron chi connectivity index (χ4n) is 1.88. The summed E-state index contributed by atoms with van der Waals surface area (Å²) in [7, 11) is 0. The number of fused-ring (bicyclic) bond motifs is 1. The van der Waals surface area contributed by atoms with Gasteiger partial charge >= 0.3 is 0 Å². The van der Waals surface area contributed by atoms with Crippen molar-refractivity contribution in [2.45, 2.75) is 20.3 Å². The molecule has 0 aliphatic carbocycles. The second-order valence-corrected chi connectivity index (χ2v) is 4.17. The van der Waals surface area contributed by atoms with Crippen LogP contribution in [0, 0.1) is 11.7 Å². The van der Waals surface area contributed by atoms with Crippen molar-refractivity contribution < 1.29 is 4.39 Å². The van der Waals surface area contributed by atoms with E-state index in [1.807, 2.05) is 24.3 Å². The number of halogens is 1. The highest BCUT2D eigenvalue weighted by Gasteiger charge is 2.05. The molecule has 0 unspecified atom stereocenters. The number of rotatable bonds is 2. The van der Waals surface area contributed by atoms with E-state index in [1.54, 1.807) is 12.1 Å². The van der Waals surface area contributed by atoms with E-state index in [0.29, 0.717) is 0 Å². The summed E-state index contributed by atoms with van der Waals surface area (Å²) in [6.45, 7) is 4.14. The Kier molecular flexibility index (Phi) is 2.72. The Labute approximate surface area is 89.7 Å². The maximum Gasteiger partial charge on any atom is 0.124 e. The summed E-state index contributed by atoms with van der Waals surface area (Å²) in [6.07, 6.45) is 0.846. The van der Waals surface area contributed by atoms with E-state index in [4.69, 9.17) is 0 Å². The predicted molar refractivity (Wildman–Crippen MR) is 62.2 cm³/mol. The highest BCUT2D eigenvalue weighted by molar-refractivity contribution is 5.85. The largest absolute Gasteiger partial charge is 0.207 e. The van der Waals surface area contributed by atoms with Gasteiger partial charge in [0, 0.05) is 0 Å². The quantitative estimate of drug-likeness (QED) is 0.685. The zero-order valence-electron chi connectivity index (χ0n) is 9.05. The molecule has 0 aliphatic rings. The van der Waals surface area contributed by atoms with Gasteiger partial charge in [0.1, 0.15) is 5.82 Å². The third-order valence-electron chi connectivity index (χ3n) is 2.46. The molecule has 0 amide bonds. The molecule has 0 fully saturated rings. The van der Waals surface area contributed by atoms with Crippen molar-refractivity contribution in [1.29, 1.82) is 0 Å². The molecule has 1 heteroatoms. The van der Waals surface area contributed by atoms with E-state index >= 15 is 0 Å². The molecule has 0 N–H and O–H groups in total. The van der Waals surface area contributed by atoms with Crippen molar-refractivity contribution in [3.63, 3.8) is 0 Å². The Hall–Kier alpha value is -1.37.